The van der Waals surface area contributed by atoms with Crippen LogP contribution in [0.2, 0.25) is 0 Å². The molecule has 4 heteroatoms. The molecule has 14 heavy (non-hydrogen) atoms. The van der Waals surface area contributed by atoms with Crippen LogP contribution in [0.3, 0.4) is 0 Å². The summed E-state index contributed by atoms with van der Waals surface area (Å²) in [7, 11) is 2.07. The highest BCUT2D eigenvalue weighted by Gasteiger charge is 2.23. The van der Waals surface area contributed by atoms with Crippen molar-refractivity contribution in [2.45, 2.75) is 20.0 Å². The predicted molar refractivity (Wildman–Crippen MR) is 60.0 cm³/mol. The first kappa shape index (κ1) is 9.77. The molecule has 1 aromatic rings. The predicted octanol–water partition coefficient (Wildman–Crippen LogP) is 2.37. The average Bonchev–Trinajstić information content (AvgIpc) is 2.10. The number of pyridine rings is 1. The summed E-state index contributed by atoms with van der Waals surface area (Å²) in [6, 6.07) is 0. The van der Waals surface area contributed by atoms with Gasteiger partial charge in [-0.25, -0.2) is 4.98 Å². The Hall–Kier alpha value is -0.770. The monoisotopic (exact) mass is 256 g/mol. The highest BCUT2D eigenvalue weighted by atomic mass is 79.9. The Morgan fingerprint density at radius 1 is 1.64 bits per heavy atom. The number of aromatic nitrogens is 1. The van der Waals surface area contributed by atoms with Gasteiger partial charge in [0.1, 0.15) is 11.8 Å². The maximum absolute atomic E-state index is 5.66. The van der Waals surface area contributed by atoms with Gasteiger partial charge in [-0.15, -0.1) is 0 Å². The number of anilines is 1. The van der Waals surface area contributed by atoms with Crippen molar-refractivity contribution < 1.29 is 4.74 Å². The fraction of sp³-hybridized carbons (Fsp3) is 0.500. The molecule has 76 valence electrons. The van der Waals surface area contributed by atoms with Crippen molar-refractivity contribution in [3.63, 3.8) is 0 Å². The smallest absolute Gasteiger partial charge is 0.238 e. The molecule has 0 fully saturated rings. The summed E-state index contributed by atoms with van der Waals surface area (Å²) in [6.45, 7) is 5.03. The molecule has 0 radical (unpaired) electrons. The van der Waals surface area contributed by atoms with E-state index in [2.05, 4.69) is 46.7 Å². The van der Waals surface area contributed by atoms with E-state index >= 15 is 0 Å². The molecule has 1 unspecified atom stereocenters. The minimum absolute atomic E-state index is 0.209. The molecular weight excluding hydrogens is 244 g/mol. The summed E-state index contributed by atoms with van der Waals surface area (Å²) in [6.07, 6.45) is 2.00. The Morgan fingerprint density at radius 3 is 3.07 bits per heavy atom. The molecule has 0 bridgehead atoms. The van der Waals surface area contributed by atoms with Gasteiger partial charge in [-0.3, -0.25) is 0 Å². The first-order chi connectivity index (χ1) is 6.59. The Labute approximate surface area is 92.2 Å². The Balaban J connectivity index is 2.54. The van der Waals surface area contributed by atoms with E-state index in [4.69, 9.17) is 4.74 Å². The SMILES string of the molecule is Cc1c(Br)cnc2c1N(C)CC(C)O2. The van der Waals surface area contributed by atoms with E-state index in [0.717, 1.165) is 22.6 Å². The normalized spacial score (nSPS) is 20.3. The zero-order valence-corrected chi connectivity index (χ0v) is 10.1. The third-order valence-electron chi connectivity index (χ3n) is 2.44. The molecule has 1 aliphatic rings. The molecule has 0 aromatic carbocycles. The molecule has 1 aliphatic heterocycles. The van der Waals surface area contributed by atoms with Gasteiger partial charge in [-0.1, -0.05) is 0 Å². The lowest BCUT2D eigenvalue weighted by atomic mass is 10.2. The highest BCUT2D eigenvalue weighted by Crippen LogP contribution is 2.36. The second-order valence-electron chi connectivity index (χ2n) is 3.69. The van der Waals surface area contributed by atoms with Gasteiger partial charge in [-0.2, -0.15) is 0 Å². The van der Waals surface area contributed by atoms with E-state index in [1.165, 1.54) is 5.56 Å². The van der Waals surface area contributed by atoms with Crippen molar-refractivity contribution in [2.75, 3.05) is 18.5 Å². The molecule has 0 saturated carbocycles. The largest absolute Gasteiger partial charge is 0.471 e. The van der Waals surface area contributed by atoms with Gasteiger partial charge in [0.2, 0.25) is 5.88 Å². The molecular formula is C10H13BrN2O. The van der Waals surface area contributed by atoms with E-state index in [1.807, 2.05) is 0 Å². The van der Waals surface area contributed by atoms with Crippen LogP contribution in [0.4, 0.5) is 5.69 Å². The highest BCUT2D eigenvalue weighted by molar-refractivity contribution is 9.10. The molecule has 0 amide bonds. The number of ether oxygens (including phenoxy) is 1. The zero-order chi connectivity index (χ0) is 10.3. The molecule has 2 rings (SSSR count). The third-order valence-corrected chi connectivity index (χ3v) is 3.24. The van der Waals surface area contributed by atoms with E-state index in [-0.39, 0.29) is 6.10 Å². The fourth-order valence-electron chi connectivity index (χ4n) is 1.79. The topological polar surface area (TPSA) is 25.4 Å². The van der Waals surface area contributed by atoms with Crippen LogP contribution in [0.15, 0.2) is 10.7 Å². The van der Waals surface area contributed by atoms with Crippen molar-refractivity contribution in [3.05, 3.63) is 16.2 Å². The lowest BCUT2D eigenvalue weighted by Crippen LogP contribution is -2.36. The van der Waals surface area contributed by atoms with E-state index in [1.54, 1.807) is 6.20 Å². The van der Waals surface area contributed by atoms with Crippen LogP contribution in [-0.4, -0.2) is 24.7 Å². The second-order valence-corrected chi connectivity index (χ2v) is 4.55. The lowest BCUT2D eigenvalue weighted by Gasteiger charge is -2.32. The summed E-state index contributed by atoms with van der Waals surface area (Å²) >= 11 is 3.47. The number of likely N-dealkylation sites (N-methyl/N-ethyl adjacent to an activating group) is 1. The Kier molecular flexibility index (Phi) is 2.39. The molecule has 0 saturated heterocycles. The Bertz CT molecular complexity index is 367. The summed E-state index contributed by atoms with van der Waals surface area (Å²) < 4.78 is 6.69. The van der Waals surface area contributed by atoms with Crippen molar-refractivity contribution in [2.24, 2.45) is 0 Å². The number of rotatable bonds is 0. The third kappa shape index (κ3) is 1.47. The van der Waals surface area contributed by atoms with Crippen LogP contribution < -0.4 is 9.64 Å². The first-order valence-corrected chi connectivity index (χ1v) is 5.41. The zero-order valence-electron chi connectivity index (χ0n) is 8.54. The van der Waals surface area contributed by atoms with Crippen LogP contribution in [-0.2, 0) is 0 Å². The minimum Gasteiger partial charge on any atom is -0.471 e. The van der Waals surface area contributed by atoms with Gasteiger partial charge in [0.25, 0.3) is 0 Å². The van der Waals surface area contributed by atoms with Gasteiger partial charge in [0.15, 0.2) is 0 Å². The first-order valence-electron chi connectivity index (χ1n) is 4.62. The summed E-state index contributed by atoms with van der Waals surface area (Å²) in [5.41, 5.74) is 2.28. The minimum atomic E-state index is 0.209. The molecule has 0 aliphatic carbocycles. The summed E-state index contributed by atoms with van der Waals surface area (Å²) in [5, 5.41) is 0. The quantitative estimate of drug-likeness (QED) is 0.713. The van der Waals surface area contributed by atoms with Gasteiger partial charge < -0.3 is 9.64 Å². The molecule has 1 aromatic heterocycles. The van der Waals surface area contributed by atoms with Crippen LogP contribution >= 0.6 is 15.9 Å². The number of nitrogens with zero attached hydrogens (tertiary/aromatic N) is 2. The van der Waals surface area contributed by atoms with Crippen molar-refractivity contribution in [1.29, 1.82) is 0 Å². The summed E-state index contributed by atoms with van der Waals surface area (Å²) in [5.74, 6) is 0.743. The Morgan fingerprint density at radius 2 is 2.36 bits per heavy atom. The van der Waals surface area contributed by atoms with Crippen molar-refractivity contribution in [3.8, 4) is 5.88 Å². The van der Waals surface area contributed by atoms with E-state index < -0.39 is 0 Å². The standard InChI is InChI=1S/C10H13BrN2O/c1-6-5-13(3)9-7(2)8(11)4-12-10(9)14-6/h4,6H,5H2,1-3H3. The van der Waals surface area contributed by atoms with Gasteiger partial charge in [-0.05, 0) is 35.3 Å². The molecule has 2 heterocycles. The van der Waals surface area contributed by atoms with Crippen LogP contribution in [0.1, 0.15) is 12.5 Å². The number of fused-ring (bicyclic) bond motifs is 1. The van der Waals surface area contributed by atoms with Crippen LogP contribution in [0.25, 0.3) is 0 Å². The molecule has 1 atom stereocenters. The maximum atomic E-state index is 5.66. The van der Waals surface area contributed by atoms with Crippen LogP contribution in [0, 0.1) is 6.92 Å². The number of hydrogen-bond acceptors (Lipinski definition) is 3. The number of hydrogen-bond donors (Lipinski definition) is 0. The van der Waals surface area contributed by atoms with Crippen LogP contribution in [0.5, 0.6) is 5.88 Å². The molecule has 0 spiro atoms. The maximum Gasteiger partial charge on any atom is 0.238 e. The summed E-state index contributed by atoms with van der Waals surface area (Å²) in [4.78, 5) is 6.46. The average molecular weight is 257 g/mol. The van der Waals surface area contributed by atoms with Gasteiger partial charge in [0.05, 0.1) is 6.54 Å². The molecule has 0 N–H and O–H groups in total. The fourth-order valence-corrected chi connectivity index (χ4v) is 2.08. The van der Waals surface area contributed by atoms with Crippen molar-refractivity contribution >= 4 is 21.6 Å². The van der Waals surface area contributed by atoms with E-state index in [9.17, 15) is 0 Å². The second kappa shape index (κ2) is 3.42. The lowest BCUT2D eigenvalue weighted by molar-refractivity contribution is 0.206. The number of halogens is 1. The van der Waals surface area contributed by atoms with Gasteiger partial charge in [0, 0.05) is 17.7 Å². The molecule has 3 nitrogen and oxygen atoms in total. The van der Waals surface area contributed by atoms with Crippen molar-refractivity contribution in [1.82, 2.24) is 4.98 Å². The van der Waals surface area contributed by atoms with E-state index in [0.29, 0.717) is 0 Å². The van der Waals surface area contributed by atoms with Gasteiger partial charge >= 0.3 is 0 Å².